The summed E-state index contributed by atoms with van der Waals surface area (Å²) in [4.78, 5) is 48.2. The number of ketones is 1. The van der Waals surface area contributed by atoms with Crippen molar-refractivity contribution in [2.45, 2.75) is 180 Å². The second-order valence-electron chi connectivity index (χ2n) is 17.6. The van der Waals surface area contributed by atoms with E-state index in [1.807, 2.05) is 33.3 Å². The SMILES string of the molecule is CCCCCCCC/C=C\C/C=C\C/C=C\CCCC(=O)O[C@H](COC(=O)CCCCCC[C@H]1C(=O)C[C@@H](O)[C@@H]1/C=C/[C@@H](O)CCCCC)COP(=O)(O)OCC[N+](C)(C)C. The van der Waals surface area contributed by atoms with Gasteiger partial charge in [0.1, 0.15) is 25.5 Å². The summed E-state index contributed by atoms with van der Waals surface area (Å²) in [7, 11) is 1.31. The number of hydrogen-bond donors (Lipinski definition) is 3. The number of likely N-dealkylation sites (N-methyl/N-ethyl adjacent to an activating group) is 1. The average Bonchev–Trinajstić information content (AvgIpc) is 3.47. The fourth-order valence-corrected chi connectivity index (χ4v) is 7.73. The first-order chi connectivity index (χ1) is 29.2. The summed E-state index contributed by atoms with van der Waals surface area (Å²) in [6.45, 7) is 3.98. The predicted molar refractivity (Wildman–Crippen MR) is 244 cm³/mol. The van der Waals surface area contributed by atoms with Crippen LogP contribution in [-0.4, -0.2) is 103 Å². The largest absolute Gasteiger partial charge is 0.472 e. The molecular weight excluding hydrogens is 797 g/mol. The van der Waals surface area contributed by atoms with E-state index in [2.05, 4.69) is 44.2 Å². The minimum atomic E-state index is -4.45. The normalized spacial score (nSPS) is 19.4. The van der Waals surface area contributed by atoms with Crippen LogP contribution in [0.3, 0.4) is 0 Å². The molecule has 0 aromatic carbocycles. The molecule has 1 saturated carbocycles. The number of phosphoric ester groups is 1. The molecule has 0 amide bonds. The van der Waals surface area contributed by atoms with Gasteiger partial charge in [-0.05, 0) is 57.8 Å². The van der Waals surface area contributed by atoms with Gasteiger partial charge in [0, 0.05) is 31.1 Å². The Morgan fingerprint density at radius 1 is 0.770 bits per heavy atom. The molecule has 1 fully saturated rings. The number of Topliss-reactive ketones (excluding diaryl/α,β-unsaturated/α-hetero) is 1. The molecule has 61 heavy (non-hydrogen) atoms. The molecule has 0 aliphatic heterocycles. The standard InChI is InChI=1S/C48H84NO11P/c1-6-8-10-11-12-13-14-15-16-17-18-19-20-21-22-23-29-33-48(54)60-42(40-59-61(55,56)58-37-36-49(3,4)5)39-57-47(53)32-28-25-24-27-31-43-44(46(52)38-45(43)51)35-34-41(50)30-26-9-7-2/h15-16,18-19,21-22,34-35,41-44,46,50,52H,6-14,17,20,23-33,36-40H2,1-5H3/p+1/b16-15-,19-18-,22-21-,35-34+/t41-,42+,43+,44+,46+/m0/s1. The van der Waals surface area contributed by atoms with Gasteiger partial charge in [0.15, 0.2) is 6.10 Å². The summed E-state index contributed by atoms with van der Waals surface area (Å²) in [5.74, 6) is -1.55. The van der Waals surface area contributed by atoms with E-state index in [-0.39, 0.29) is 50.1 Å². The summed E-state index contributed by atoms with van der Waals surface area (Å²) >= 11 is 0. The number of esters is 2. The van der Waals surface area contributed by atoms with Crippen molar-refractivity contribution < 1.29 is 57.1 Å². The maximum Gasteiger partial charge on any atom is 0.472 e. The molecule has 352 valence electrons. The van der Waals surface area contributed by atoms with Crippen LogP contribution in [0, 0.1) is 11.8 Å². The third kappa shape index (κ3) is 32.0. The molecule has 12 nitrogen and oxygen atoms in total. The highest BCUT2D eigenvalue weighted by molar-refractivity contribution is 7.47. The molecule has 1 unspecified atom stereocenters. The summed E-state index contributed by atoms with van der Waals surface area (Å²) < 4.78 is 34.2. The van der Waals surface area contributed by atoms with Gasteiger partial charge in [-0.15, -0.1) is 0 Å². The first-order valence-corrected chi connectivity index (χ1v) is 25.0. The molecule has 0 aromatic heterocycles. The Morgan fingerprint density at radius 2 is 1.36 bits per heavy atom. The van der Waals surface area contributed by atoms with Crippen LogP contribution in [0.2, 0.25) is 0 Å². The van der Waals surface area contributed by atoms with Crippen molar-refractivity contribution in [3.05, 3.63) is 48.6 Å². The number of nitrogens with zero attached hydrogens (tertiary/aromatic N) is 1. The van der Waals surface area contributed by atoms with E-state index in [0.717, 1.165) is 57.8 Å². The Hall–Kier alpha value is -2.44. The number of hydrogen-bond acceptors (Lipinski definition) is 10. The zero-order chi connectivity index (χ0) is 45.2. The smallest absolute Gasteiger partial charge is 0.462 e. The van der Waals surface area contributed by atoms with E-state index in [1.54, 1.807) is 6.08 Å². The van der Waals surface area contributed by atoms with Gasteiger partial charge in [0.05, 0.1) is 40.0 Å². The maximum absolute atomic E-state index is 12.7. The van der Waals surface area contributed by atoms with Crippen LogP contribution >= 0.6 is 7.82 Å². The maximum atomic E-state index is 12.7. The van der Waals surface area contributed by atoms with Crippen LogP contribution in [0.15, 0.2) is 48.6 Å². The Labute approximate surface area is 369 Å². The Kier molecular flexibility index (Phi) is 32.4. The van der Waals surface area contributed by atoms with E-state index in [9.17, 15) is 34.1 Å². The van der Waals surface area contributed by atoms with Crippen molar-refractivity contribution in [3.63, 3.8) is 0 Å². The Morgan fingerprint density at radius 3 is 2.05 bits per heavy atom. The minimum Gasteiger partial charge on any atom is -0.462 e. The second-order valence-corrected chi connectivity index (χ2v) is 19.0. The van der Waals surface area contributed by atoms with Crippen molar-refractivity contribution in [2.24, 2.45) is 11.8 Å². The van der Waals surface area contributed by atoms with Gasteiger partial charge in [-0.25, -0.2) is 4.57 Å². The zero-order valence-electron chi connectivity index (χ0n) is 38.6. The number of ether oxygens (including phenoxy) is 2. The van der Waals surface area contributed by atoms with Crippen molar-refractivity contribution in [1.29, 1.82) is 0 Å². The van der Waals surface area contributed by atoms with E-state index >= 15 is 0 Å². The van der Waals surface area contributed by atoms with E-state index in [0.29, 0.717) is 43.1 Å². The molecule has 0 spiro atoms. The second kappa shape index (κ2) is 35.0. The number of quaternary nitrogens is 1. The highest BCUT2D eigenvalue weighted by atomic mass is 31.2. The molecule has 0 saturated heterocycles. The third-order valence-electron chi connectivity index (χ3n) is 10.7. The number of allylic oxidation sites excluding steroid dienone is 6. The summed E-state index contributed by atoms with van der Waals surface area (Å²) in [5.41, 5.74) is 0. The van der Waals surface area contributed by atoms with Gasteiger partial charge in [0.2, 0.25) is 0 Å². The summed E-state index contributed by atoms with van der Waals surface area (Å²) in [6, 6.07) is 0. The van der Waals surface area contributed by atoms with E-state index in [1.165, 1.54) is 38.5 Å². The van der Waals surface area contributed by atoms with Crippen LogP contribution < -0.4 is 0 Å². The molecule has 1 rings (SSSR count). The van der Waals surface area contributed by atoms with Crippen LogP contribution in [-0.2, 0) is 37.5 Å². The fourth-order valence-electron chi connectivity index (χ4n) is 6.98. The van der Waals surface area contributed by atoms with Gasteiger partial charge >= 0.3 is 19.8 Å². The Bertz CT molecular complexity index is 1340. The van der Waals surface area contributed by atoms with Crippen LogP contribution in [0.1, 0.15) is 162 Å². The number of aliphatic hydroxyl groups excluding tert-OH is 2. The molecule has 1 aliphatic rings. The molecule has 0 heterocycles. The first kappa shape index (κ1) is 56.6. The quantitative estimate of drug-likeness (QED) is 0.0178. The molecule has 0 bridgehead atoms. The van der Waals surface area contributed by atoms with Crippen LogP contribution in [0.5, 0.6) is 0 Å². The number of unbranched alkanes of at least 4 members (excludes halogenated alkanes) is 12. The van der Waals surface area contributed by atoms with Gasteiger partial charge in [-0.1, -0.05) is 133 Å². The van der Waals surface area contributed by atoms with Crippen molar-refractivity contribution >= 4 is 25.5 Å². The molecule has 1 aliphatic carbocycles. The number of carbonyl (C=O) groups is 3. The lowest BCUT2D eigenvalue weighted by Gasteiger charge is -2.24. The minimum absolute atomic E-state index is 0.0176. The van der Waals surface area contributed by atoms with Gasteiger partial charge in [-0.2, -0.15) is 0 Å². The number of carbonyl (C=O) groups excluding carboxylic acids is 3. The molecular formula is C48H85NO11P+. The third-order valence-corrected chi connectivity index (χ3v) is 11.7. The molecule has 0 aromatic rings. The van der Waals surface area contributed by atoms with Crippen molar-refractivity contribution in [2.75, 3.05) is 47.5 Å². The highest BCUT2D eigenvalue weighted by Gasteiger charge is 2.39. The lowest BCUT2D eigenvalue weighted by molar-refractivity contribution is -0.870. The zero-order valence-corrected chi connectivity index (χ0v) is 39.5. The monoisotopic (exact) mass is 883 g/mol. The summed E-state index contributed by atoms with van der Waals surface area (Å²) in [6.07, 6.45) is 33.6. The van der Waals surface area contributed by atoms with Crippen molar-refractivity contribution in [1.82, 2.24) is 0 Å². The fraction of sp³-hybridized carbons (Fsp3) is 0.771. The molecule has 0 radical (unpaired) electrons. The molecule has 13 heteroatoms. The van der Waals surface area contributed by atoms with Crippen LogP contribution in [0.25, 0.3) is 0 Å². The highest BCUT2D eigenvalue weighted by Crippen LogP contribution is 2.43. The lowest BCUT2D eigenvalue weighted by Crippen LogP contribution is -2.37. The summed E-state index contributed by atoms with van der Waals surface area (Å²) in [5, 5.41) is 20.8. The molecule has 3 N–H and O–H groups in total. The number of phosphoric acid groups is 1. The first-order valence-electron chi connectivity index (χ1n) is 23.5. The topological polar surface area (TPSA) is 166 Å². The molecule has 6 atom stereocenters. The lowest BCUT2D eigenvalue weighted by atomic mass is 9.88. The number of aliphatic hydroxyl groups is 2. The van der Waals surface area contributed by atoms with E-state index < -0.39 is 44.7 Å². The average molecular weight is 883 g/mol. The van der Waals surface area contributed by atoms with Crippen molar-refractivity contribution in [3.8, 4) is 0 Å². The van der Waals surface area contributed by atoms with Gasteiger partial charge < -0.3 is 29.1 Å². The number of rotatable bonds is 38. The van der Waals surface area contributed by atoms with Crippen LogP contribution in [0.4, 0.5) is 0 Å². The van der Waals surface area contributed by atoms with Gasteiger partial charge in [0.25, 0.3) is 0 Å². The van der Waals surface area contributed by atoms with E-state index in [4.69, 9.17) is 18.5 Å². The van der Waals surface area contributed by atoms with Gasteiger partial charge in [-0.3, -0.25) is 23.4 Å². The predicted octanol–water partition coefficient (Wildman–Crippen LogP) is 10.1. The Balaban J connectivity index is 2.49.